The van der Waals surface area contributed by atoms with Gasteiger partial charge in [0.15, 0.2) is 0 Å². The first-order valence-electron chi connectivity index (χ1n) is 9.12. The van der Waals surface area contributed by atoms with Crippen LogP contribution in [0.4, 0.5) is 11.4 Å². The Bertz CT molecular complexity index is 987. The van der Waals surface area contributed by atoms with Gasteiger partial charge in [0.25, 0.3) is 11.8 Å². The summed E-state index contributed by atoms with van der Waals surface area (Å²) in [5.41, 5.74) is 2.33. The third-order valence-corrected chi connectivity index (χ3v) is 4.18. The Kier molecular flexibility index (Phi) is 6.37. The first-order chi connectivity index (χ1) is 14.0. The number of nitrogens with one attached hydrogen (secondary N) is 3. The molecule has 6 nitrogen and oxygen atoms in total. The van der Waals surface area contributed by atoms with Crippen LogP contribution in [0.1, 0.15) is 28.9 Å². The number of hydrogen-bond donors (Lipinski definition) is 3. The SMILES string of the molecule is CC(=O)Nc1ccc(NC(=O)C(NC(=O)c2ccccc2)c2ccccc2)cc1. The highest BCUT2D eigenvalue weighted by molar-refractivity contribution is 6.01. The quantitative estimate of drug-likeness (QED) is 0.602. The van der Waals surface area contributed by atoms with Crippen molar-refractivity contribution in [1.29, 1.82) is 0 Å². The fraction of sp³-hybridized carbons (Fsp3) is 0.0870. The Morgan fingerprint density at radius 3 is 1.76 bits per heavy atom. The van der Waals surface area contributed by atoms with Gasteiger partial charge in [-0.25, -0.2) is 0 Å². The zero-order valence-electron chi connectivity index (χ0n) is 15.9. The molecule has 146 valence electrons. The normalized spacial score (nSPS) is 11.2. The van der Waals surface area contributed by atoms with E-state index < -0.39 is 6.04 Å². The molecule has 0 saturated carbocycles. The average Bonchev–Trinajstić information content (AvgIpc) is 2.74. The maximum Gasteiger partial charge on any atom is 0.252 e. The van der Waals surface area contributed by atoms with E-state index in [0.717, 1.165) is 0 Å². The fourth-order valence-corrected chi connectivity index (χ4v) is 2.80. The largest absolute Gasteiger partial charge is 0.336 e. The van der Waals surface area contributed by atoms with Crippen molar-refractivity contribution in [3.05, 3.63) is 96.1 Å². The van der Waals surface area contributed by atoms with Gasteiger partial charge in [0.1, 0.15) is 6.04 Å². The standard InChI is InChI=1S/C23H21N3O3/c1-16(27)24-19-12-14-20(15-13-19)25-23(29)21(17-8-4-2-5-9-17)26-22(28)18-10-6-3-7-11-18/h2-15,21H,1H3,(H,24,27)(H,25,29)(H,26,28). The molecule has 0 bridgehead atoms. The van der Waals surface area contributed by atoms with Crippen molar-refractivity contribution in [2.45, 2.75) is 13.0 Å². The van der Waals surface area contributed by atoms with E-state index in [0.29, 0.717) is 22.5 Å². The zero-order valence-corrected chi connectivity index (χ0v) is 15.9. The molecule has 29 heavy (non-hydrogen) atoms. The molecular weight excluding hydrogens is 366 g/mol. The van der Waals surface area contributed by atoms with E-state index in [-0.39, 0.29) is 17.7 Å². The van der Waals surface area contributed by atoms with Crippen LogP contribution in [0.2, 0.25) is 0 Å². The van der Waals surface area contributed by atoms with Gasteiger partial charge < -0.3 is 16.0 Å². The molecule has 6 heteroatoms. The van der Waals surface area contributed by atoms with Crippen molar-refractivity contribution in [3.8, 4) is 0 Å². The predicted octanol–water partition coefficient (Wildman–Crippen LogP) is 3.75. The summed E-state index contributed by atoms with van der Waals surface area (Å²) >= 11 is 0. The molecule has 0 fully saturated rings. The molecule has 0 saturated heterocycles. The van der Waals surface area contributed by atoms with Crippen molar-refractivity contribution in [2.75, 3.05) is 10.6 Å². The maximum absolute atomic E-state index is 12.9. The molecule has 0 aliphatic rings. The van der Waals surface area contributed by atoms with Gasteiger partial charge in [0, 0.05) is 23.9 Å². The van der Waals surface area contributed by atoms with Gasteiger partial charge >= 0.3 is 0 Å². The molecule has 3 N–H and O–H groups in total. The molecule has 3 rings (SSSR count). The monoisotopic (exact) mass is 387 g/mol. The first kappa shape index (κ1) is 19.8. The molecule has 0 aliphatic heterocycles. The van der Waals surface area contributed by atoms with Crippen LogP contribution in [0.3, 0.4) is 0 Å². The van der Waals surface area contributed by atoms with Gasteiger partial charge in [0.2, 0.25) is 5.91 Å². The van der Waals surface area contributed by atoms with Crippen LogP contribution in [0, 0.1) is 0 Å². The molecule has 3 aromatic carbocycles. The second-order valence-corrected chi connectivity index (χ2v) is 6.43. The van der Waals surface area contributed by atoms with E-state index in [1.165, 1.54) is 6.92 Å². The summed E-state index contributed by atoms with van der Waals surface area (Å²) < 4.78 is 0. The summed E-state index contributed by atoms with van der Waals surface area (Å²) in [4.78, 5) is 36.7. The summed E-state index contributed by atoms with van der Waals surface area (Å²) in [5.74, 6) is -0.877. The van der Waals surface area contributed by atoms with Gasteiger partial charge in [-0.2, -0.15) is 0 Å². The average molecular weight is 387 g/mol. The Hall–Kier alpha value is -3.93. The van der Waals surface area contributed by atoms with Crippen LogP contribution in [-0.4, -0.2) is 17.7 Å². The van der Waals surface area contributed by atoms with Gasteiger partial charge in [-0.3, -0.25) is 14.4 Å². The van der Waals surface area contributed by atoms with Gasteiger partial charge in [-0.05, 0) is 42.0 Å². The maximum atomic E-state index is 12.9. The van der Waals surface area contributed by atoms with Crippen LogP contribution >= 0.6 is 0 Å². The number of rotatable bonds is 6. The number of amides is 3. The molecule has 0 aliphatic carbocycles. The molecular formula is C23H21N3O3. The molecule has 1 unspecified atom stereocenters. The summed E-state index contributed by atoms with van der Waals surface area (Å²) in [6, 6.07) is 23.7. The van der Waals surface area contributed by atoms with Crippen LogP contribution < -0.4 is 16.0 Å². The van der Waals surface area contributed by atoms with E-state index in [9.17, 15) is 14.4 Å². The van der Waals surface area contributed by atoms with Crippen molar-refractivity contribution < 1.29 is 14.4 Å². The second kappa shape index (κ2) is 9.32. The molecule has 0 spiro atoms. The molecule has 3 aromatic rings. The van der Waals surface area contributed by atoms with E-state index in [4.69, 9.17) is 0 Å². The molecule has 0 aromatic heterocycles. The third-order valence-electron chi connectivity index (χ3n) is 4.18. The van der Waals surface area contributed by atoms with Crippen molar-refractivity contribution in [1.82, 2.24) is 5.32 Å². The fourth-order valence-electron chi connectivity index (χ4n) is 2.80. The van der Waals surface area contributed by atoms with E-state index >= 15 is 0 Å². The molecule has 3 amide bonds. The molecule has 1 atom stereocenters. The molecule has 0 radical (unpaired) electrons. The number of carbonyl (C=O) groups excluding carboxylic acids is 3. The minimum atomic E-state index is -0.862. The van der Waals surface area contributed by atoms with E-state index in [1.54, 1.807) is 60.7 Å². The number of benzene rings is 3. The van der Waals surface area contributed by atoms with Gasteiger partial charge in [0.05, 0.1) is 0 Å². The predicted molar refractivity (Wildman–Crippen MR) is 112 cm³/mol. The minimum Gasteiger partial charge on any atom is -0.336 e. The highest BCUT2D eigenvalue weighted by atomic mass is 16.2. The lowest BCUT2D eigenvalue weighted by atomic mass is 10.1. The summed E-state index contributed by atoms with van der Waals surface area (Å²) in [5, 5.41) is 8.28. The van der Waals surface area contributed by atoms with Crippen molar-refractivity contribution >= 4 is 29.1 Å². The topological polar surface area (TPSA) is 87.3 Å². The lowest BCUT2D eigenvalue weighted by Crippen LogP contribution is -2.37. The van der Waals surface area contributed by atoms with E-state index in [2.05, 4.69) is 16.0 Å². The third kappa shape index (κ3) is 5.52. The van der Waals surface area contributed by atoms with Gasteiger partial charge in [-0.1, -0.05) is 48.5 Å². The number of anilines is 2. The summed E-state index contributed by atoms with van der Waals surface area (Å²) in [6.07, 6.45) is 0. The van der Waals surface area contributed by atoms with Crippen LogP contribution in [0.15, 0.2) is 84.9 Å². The second-order valence-electron chi connectivity index (χ2n) is 6.43. The van der Waals surface area contributed by atoms with Crippen molar-refractivity contribution in [3.63, 3.8) is 0 Å². The first-order valence-corrected chi connectivity index (χ1v) is 9.12. The van der Waals surface area contributed by atoms with Crippen molar-refractivity contribution in [2.24, 2.45) is 0 Å². The zero-order chi connectivity index (χ0) is 20.6. The summed E-state index contributed by atoms with van der Waals surface area (Å²) in [7, 11) is 0. The Labute approximate surface area is 169 Å². The lowest BCUT2D eigenvalue weighted by molar-refractivity contribution is -0.118. The minimum absolute atomic E-state index is 0.172. The highest BCUT2D eigenvalue weighted by Crippen LogP contribution is 2.19. The highest BCUT2D eigenvalue weighted by Gasteiger charge is 2.23. The Balaban J connectivity index is 1.77. The number of carbonyl (C=O) groups is 3. The Morgan fingerprint density at radius 1 is 0.690 bits per heavy atom. The van der Waals surface area contributed by atoms with Crippen LogP contribution in [-0.2, 0) is 9.59 Å². The van der Waals surface area contributed by atoms with Gasteiger partial charge in [-0.15, -0.1) is 0 Å². The summed E-state index contributed by atoms with van der Waals surface area (Å²) in [6.45, 7) is 1.43. The van der Waals surface area contributed by atoms with E-state index in [1.807, 2.05) is 24.3 Å². The lowest BCUT2D eigenvalue weighted by Gasteiger charge is -2.19. The molecule has 0 heterocycles. The number of hydrogen-bond acceptors (Lipinski definition) is 3. The van der Waals surface area contributed by atoms with Crippen LogP contribution in [0.5, 0.6) is 0 Å². The van der Waals surface area contributed by atoms with Crippen LogP contribution in [0.25, 0.3) is 0 Å². The smallest absolute Gasteiger partial charge is 0.252 e. The Morgan fingerprint density at radius 2 is 1.21 bits per heavy atom.